The van der Waals surface area contributed by atoms with Crippen molar-refractivity contribution < 1.29 is 4.79 Å². The van der Waals surface area contributed by atoms with Crippen molar-refractivity contribution in [3.63, 3.8) is 0 Å². The van der Waals surface area contributed by atoms with Crippen LogP contribution in [-0.2, 0) is 4.79 Å². The molecule has 15 heavy (non-hydrogen) atoms. The Morgan fingerprint density at radius 1 is 1.40 bits per heavy atom. The van der Waals surface area contributed by atoms with E-state index in [9.17, 15) is 4.79 Å². The zero-order chi connectivity index (χ0) is 11.3. The fourth-order valence-corrected chi connectivity index (χ4v) is 2.16. The summed E-state index contributed by atoms with van der Waals surface area (Å²) in [6.07, 6.45) is 5.02. The first-order chi connectivity index (χ1) is 7.13. The van der Waals surface area contributed by atoms with Gasteiger partial charge < -0.3 is 0 Å². The number of nitrogens with zero attached hydrogens (tertiary/aromatic N) is 1. The van der Waals surface area contributed by atoms with Gasteiger partial charge in [-0.2, -0.15) is 5.10 Å². The van der Waals surface area contributed by atoms with Gasteiger partial charge in [-0.3, -0.25) is 4.79 Å². The Kier molecular flexibility index (Phi) is 5.29. The van der Waals surface area contributed by atoms with Crippen molar-refractivity contribution in [1.82, 2.24) is 5.43 Å². The molecular formula is C11H19BrN2O. The van der Waals surface area contributed by atoms with E-state index in [1.807, 2.05) is 13.8 Å². The lowest BCUT2D eigenvalue weighted by atomic mass is 9.89. The Bertz CT molecular complexity index is 245. The molecule has 1 aliphatic rings. The molecule has 0 spiro atoms. The van der Waals surface area contributed by atoms with E-state index in [4.69, 9.17) is 0 Å². The van der Waals surface area contributed by atoms with Crippen LogP contribution in [0, 0.1) is 5.92 Å². The van der Waals surface area contributed by atoms with Gasteiger partial charge in [0.05, 0.1) is 0 Å². The quantitative estimate of drug-likeness (QED) is 0.480. The van der Waals surface area contributed by atoms with E-state index in [1.54, 1.807) is 0 Å². The van der Waals surface area contributed by atoms with Gasteiger partial charge in [-0.15, -0.1) is 0 Å². The molecule has 3 nitrogen and oxygen atoms in total. The summed E-state index contributed by atoms with van der Waals surface area (Å²) in [5, 5.41) is 4.04. The largest absolute Gasteiger partial charge is 0.273 e. The Labute approximate surface area is 99.8 Å². The zero-order valence-electron chi connectivity index (χ0n) is 9.42. The fraction of sp³-hybridized carbons (Fsp3) is 0.818. The summed E-state index contributed by atoms with van der Waals surface area (Å²) in [6, 6.07) is 0. The predicted molar refractivity (Wildman–Crippen MR) is 66.2 cm³/mol. The molecule has 86 valence electrons. The number of hydrazone groups is 1. The van der Waals surface area contributed by atoms with Gasteiger partial charge in [0.25, 0.3) is 0 Å². The van der Waals surface area contributed by atoms with E-state index in [-0.39, 0.29) is 11.8 Å². The molecule has 0 atom stereocenters. The third-order valence-corrected chi connectivity index (χ3v) is 3.81. The summed E-state index contributed by atoms with van der Waals surface area (Å²) in [5.74, 6) is 0.245. The molecular weight excluding hydrogens is 256 g/mol. The molecule has 0 unspecified atom stereocenters. The molecule has 1 rings (SSSR count). The van der Waals surface area contributed by atoms with Crippen molar-refractivity contribution in [2.75, 3.05) is 0 Å². The second kappa shape index (κ2) is 6.26. The van der Waals surface area contributed by atoms with Gasteiger partial charge in [-0.1, -0.05) is 22.9 Å². The van der Waals surface area contributed by atoms with Crippen LogP contribution < -0.4 is 5.43 Å². The lowest BCUT2D eigenvalue weighted by Crippen LogP contribution is -2.30. The summed E-state index contributed by atoms with van der Waals surface area (Å²) in [4.78, 5) is 12.3. The van der Waals surface area contributed by atoms with Crippen LogP contribution in [-0.4, -0.2) is 16.4 Å². The van der Waals surface area contributed by atoms with Gasteiger partial charge in [-0.25, -0.2) is 5.43 Å². The van der Waals surface area contributed by atoms with Crippen molar-refractivity contribution in [3.05, 3.63) is 0 Å². The lowest BCUT2D eigenvalue weighted by Gasteiger charge is -2.23. The smallest absolute Gasteiger partial charge is 0.243 e. The van der Waals surface area contributed by atoms with Gasteiger partial charge in [0.2, 0.25) is 5.91 Å². The number of nitrogens with one attached hydrogen (secondary N) is 1. The number of carbonyl (C=O) groups excluding carboxylic acids is 1. The number of alkyl halides is 1. The molecule has 1 N–H and O–H groups in total. The van der Waals surface area contributed by atoms with Crippen molar-refractivity contribution in [2.24, 2.45) is 11.0 Å². The van der Waals surface area contributed by atoms with Crippen LogP contribution in [0.4, 0.5) is 0 Å². The highest BCUT2D eigenvalue weighted by atomic mass is 79.9. The van der Waals surface area contributed by atoms with Crippen LogP contribution in [0.3, 0.4) is 0 Å². The number of halogens is 1. The van der Waals surface area contributed by atoms with Crippen LogP contribution >= 0.6 is 15.9 Å². The Morgan fingerprint density at radius 2 is 2.00 bits per heavy atom. The molecule has 0 aromatic heterocycles. The Hall–Kier alpha value is -0.380. The maximum Gasteiger partial charge on any atom is 0.243 e. The lowest BCUT2D eigenvalue weighted by molar-refractivity contribution is -0.125. The van der Waals surface area contributed by atoms with E-state index in [1.165, 1.54) is 0 Å². The molecule has 1 fully saturated rings. The Balaban J connectivity index is 2.34. The average Bonchev–Trinajstić information content (AvgIpc) is 2.26. The third-order valence-electron chi connectivity index (χ3n) is 2.90. The molecule has 0 aromatic carbocycles. The number of hydrogen-bond donors (Lipinski definition) is 1. The molecule has 1 amide bonds. The number of carbonyl (C=O) groups is 1. The first-order valence-electron chi connectivity index (χ1n) is 5.60. The minimum absolute atomic E-state index is 0.0854. The first-order valence-corrected chi connectivity index (χ1v) is 6.52. The summed E-state index contributed by atoms with van der Waals surface area (Å²) in [5.41, 5.74) is 3.62. The third kappa shape index (κ3) is 4.33. The van der Waals surface area contributed by atoms with Crippen LogP contribution in [0.25, 0.3) is 0 Å². The number of hydrogen-bond acceptors (Lipinski definition) is 2. The zero-order valence-corrected chi connectivity index (χ0v) is 11.0. The monoisotopic (exact) mass is 274 g/mol. The second-order valence-electron chi connectivity index (χ2n) is 4.13. The van der Waals surface area contributed by atoms with Crippen LogP contribution in [0.15, 0.2) is 5.10 Å². The van der Waals surface area contributed by atoms with Crippen molar-refractivity contribution in [3.8, 4) is 0 Å². The second-order valence-corrected chi connectivity index (χ2v) is 5.42. The van der Waals surface area contributed by atoms with Gasteiger partial charge in [0.15, 0.2) is 0 Å². The van der Waals surface area contributed by atoms with Gasteiger partial charge in [0, 0.05) is 16.5 Å². The minimum Gasteiger partial charge on any atom is -0.273 e. The number of rotatable bonds is 3. The summed E-state index contributed by atoms with van der Waals surface area (Å²) in [7, 11) is 0. The summed E-state index contributed by atoms with van der Waals surface area (Å²) < 4.78 is 0. The molecule has 0 bridgehead atoms. The van der Waals surface area contributed by atoms with E-state index in [0.29, 0.717) is 4.83 Å². The minimum atomic E-state index is 0.0854. The molecule has 0 radical (unpaired) electrons. The standard InChI is InChI=1S/C11H19BrN2O/c1-3-8(2)13-14-11(15)9-4-6-10(12)7-5-9/h9-10H,3-7H2,1-2H3,(H,14,15)/b13-8+. The van der Waals surface area contributed by atoms with Gasteiger partial charge in [0.1, 0.15) is 0 Å². The van der Waals surface area contributed by atoms with Crippen LogP contribution in [0.2, 0.25) is 0 Å². The van der Waals surface area contributed by atoms with Crippen LogP contribution in [0.1, 0.15) is 46.0 Å². The molecule has 0 aliphatic heterocycles. The fourth-order valence-electron chi connectivity index (χ4n) is 1.64. The highest BCUT2D eigenvalue weighted by Crippen LogP contribution is 2.28. The molecule has 0 saturated heterocycles. The highest BCUT2D eigenvalue weighted by molar-refractivity contribution is 9.09. The van der Waals surface area contributed by atoms with Crippen molar-refractivity contribution in [2.45, 2.75) is 50.8 Å². The van der Waals surface area contributed by atoms with E-state index in [0.717, 1.165) is 37.8 Å². The maximum atomic E-state index is 11.7. The van der Waals surface area contributed by atoms with E-state index in [2.05, 4.69) is 26.5 Å². The molecule has 1 aliphatic carbocycles. The number of amides is 1. The van der Waals surface area contributed by atoms with Crippen molar-refractivity contribution >= 4 is 27.5 Å². The predicted octanol–water partition coefficient (Wildman–Crippen LogP) is 2.84. The van der Waals surface area contributed by atoms with E-state index >= 15 is 0 Å². The Morgan fingerprint density at radius 3 is 2.53 bits per heavy atom. The maximum absolute atomic E-state index is 11.7. The molecule has 0 heterocycles. The van der Waals surface area contributed by atoms with E-state index < -0.39 is 0 Å². The summed E-state index contributed by atoms with van der Waals surface area (Å²) >= 11 is 3.58. The topological polar surface area (TPSA) is 41.5 Å². The average molecular weight is 275 g/mol. The SMILES string of the molecule is CC/C(C)=N/NC(=O)C1CCC(Br)CC1. The van der Waals surface area contributed by atoms with Crippen molar-refractivity contribution in [1.29, 1.82) is 0 Å². The van der Waals surface area contributed by atoms with Gasteiger partial charge in [-0.05, 0) is 39.0 Å². The molecule has 1 saturated carbocycles. The molecule has 0 aromatic rings. The first kappa shape index (κ1) is 12.7. The molecule has 4 heteroatoms. The highest BCUT2D eigenvalue weighted by Gasteiger charge is 2.24. The summed E-state index contributed by atoms with van der Waals surface area (Å²) in [6.45, 7) is 3.96. The van der Waals surface area contributed by atoms with Crippen LogP contribution in [0.5, 0.6) is 0 Å². The van der Waals surface area contributed by atoms with Gasteiger partial charge >= 0.3 is 0 Å². The normalized spacial score (nSPS) is 27.5.